The maximum absolute atomic E-state index is 13.0. The zero-order valence-electron chi connectivity index (χ0n) is 14.5. The van der Waals surface area contributed by atoms with Crippen LogP contribution in [-0.4, -0.2) is 14.5 Å². The van der Waals surface area contributed by atoms with Crippen LogP contribution in [0.3, 0.4) is 0 Å². The Balaban J connectivity index is 1.56. The summed E-state index contributed by atoms with van der Waals surface area (Å²) in [6.07, 6.45) is 1.75. The van der Waals surface area contributed by atoms with Gasteiger partial charge in [-0.15, -0.1) is 0 Å². The molecule has 2 aromatic heterocycles. The first-order valence-electron chi connectivity index (χ1n) is 8.42. The molecule has 4 rings (SSSR count). The maximum Gasteiger partial charge on any atom is 0.283 e. The van der Waals surface area contributed by atoms with Crippen molar-refractivity contribution in [1.29, 1.82) is 0 Å². The molecule has 0 aliphatic carbocycles. The fourth-order valence-electron chi connectivity index (χ4n) is 2.63. The summed E-state index contributed by atoms with van der Waals surface area (Å²) in [4.78, 5) is 20.8. The summed E-state index contributed by atoms with van der Waals surface area (Å²) in [5.74, 6) is 5.06. The Morgan fingerprint density at radius 3 is 2.29 bits per heavy atom. The Labute approximate surface area is 158 Å². The molecule has 0 spiro atoms. The lowest BCUT2D eigenvalue weighted by Gasteiger charge is -2.04. The monoisotopic (exact) mass is 377 g/mol. The van der Waals surface area contributed by atoms with Crippen LogP contribution in [0.5, 0.6) is 0 Å². The van der Waals surface area contributed by atoms with E-state index in [1.807, 2.05) is 0 Å². The van der Waals surface area contributed by atoms with Crippen LogP contribution < -0.4 is 5.56 Å². The minimum absolute atomic E-state index is 0.0793. The molecule has 2 aromatic carbocycles. The number of hydrogen-bond acceptors (Lipinski definition) is 4. The first-order valence-corrected chi connectivity index (χ1v) is 8.42. The molecular formula is C21H13F2N3O2. The number of rotatable bonds is 3. The highest BCUT2D eigenvalue weighted by molar-refractivity contribution is 5.67. The molecule has 0 atom stereocenters. The Morgan fingerprint density at radius 1 is 0.964 bits per heavy atom. The number of nitrogens with zero attached hydrogens (tertiary/aromatic N) is 3. The van der Waals surface area contributed by atoms with Gasteiger partial charge in [0, 0.05) is 6.42 Å². The van der Waals surface area contributed by atoms with E-state index in [2.05, 4.69) is 21.8 Å². The molecule has 0 fully saturated rings. The van der Waals surface area contributed by atoms with Gasteiger partial charge in [0.2, 0.25) is 0 Å². The molecule has 0 bridgehead atoms. The summed E-state index contributed by atoms with van der Waals surface area (Å²) in [6, 6.07) is 11.9. The second kappa shape index (κ2) is 7.45. The van der Waals surface area contributed by atoms with Crippen molar-refractivity contribution in [2.45, 2.75) is 13.0 Å². The van der Waals surface area contributed by atoms with Crippen molar-refractivity contribution in [1.82, 2.24) is 14.5 Å². The summed E-state index contributed by atoms with van der Waals surface area (Å²) in [5, 5.41) is 0. The summed E-state index contributed by atoms with van der Waals surface area (Å²) < 4.78 is 32.7. The van der Waals surface area contributed by atoms with Crippen LogP contribution in [0.25, 0.3) is 11.2 Å². The molecule has 2 heterocycles. The van der Waals surface area contributed by atoms with Gasteiger partial charge in [-0.25, -0.2) is 13.8 Å². The van der Waals surface area contributed by atoms with Crippen molar-refractivity contribution in [2.75, 3.05) is 0 Å². The van der Waals surface area contributed by atoms with Crippen LogP contribution in [0.2, 0.25) is 0 Å². The molecule has 5 nitrogen and oxygen atoms in total. The van der Waals surface area contributed by atoms with Crippen LogP contribution in [0.1, 0.15) is 17.0 Å². The zero-order chi connectivity index (χ0) is 19.5. The molecule has 4 aromatic rings. The minimum atomic E-state index is -0.371. The Hall–Kier alpha value is -3.79. The number of hydrogen-bond donors (Lipinski definition) is 0. The number of fused-ring (bicyclic) bond motifs is 1. The van der Waals surface area contributed by atoms with E-state index in [0.29, 0.717) is 6.42 Å². The van der Waals surface area contributed by atoms with Gasteiger partial charge in [-0.2, -0.15) is 4.98 Å². The molecule has 0 aliphatic rings. The van der Waals surface area contributed by atoms with Crippen LogP contribution in [0.4, 0.5) is 8.78 Å². The van der Waals surface area contributed by atoms with E-state index < -0.39 is 0 Å². The van der Waals surface area contributed by atoms with E-state index in [0.717, 1.165) is 11.1 Å². The van der Waals surface area contributed by atoms with Gasteiger partial charge in [-0.3, -0.25) is 9.36 Å². The predicted octanol–water partition coefficient (Wildman–Crippen LogP) is 3.31. The Morgan fingerprint density at radius 2 is 1.61 bits per heavy atom. The second-order valence-corrected chi connectivity index (χ2v) is 6.08. The molecule has 0 aliphatic heterocycles. The lowest BCUT2D eigenvalue weighted by molar-refractivity contribution is 0.572. The van der Waals surface area contributed by atoms with Crippen LogP contribution >= 0.6 is 0 Å². The highest BCUT2D eigenvalue weighted by atomic mass is 19.1. The number of halogens is 2. The topological polar surface area (TPSA) is 60.9 Å². The highest BCUT2D eigenvalue weighted by Crippen LogP contribution is 2.10. The third-order valence-corrected chi connectivity index (χ3v) is 4.05. The van der Waals surface area contributed by atoms with Crippen molar-refractivity contribution in [2.24, 2.45) is 0 Å². The summed E-state index contributed by atoms with van der Waals surface area (Å²) >= 11 is 0. The number of oxazole rings is 1. The van der Waals surface area contributed by atoms with Crippen molar-refractivity contribution in [3.63, 3.8) is 0 Å². The molecular weight excluding hydrogens is 364 g/mol. The highest BCUT2D eigenvalue weighted by Gasteiger charge is 2.11. The molecule has 0 amide bonds. The van der Waals surface area contributed by atoms with Gasteiger partial charge in [0.15, 0.2) is 5.52 Å². The van der Waals surface area contributed by atoms with Gasteiger partial charge in [0.25, 0.3) is 17.2 Å². The normalized spacial score (nSPS) is 10.6. The van der Waals surface area contributed by atoms with Crippen molar-refractivity contribution >= 4 is 11.2 Å². The van der Waals surface area contributed by atoms with E-state index in [9.17, 15) is 13.6 Å². The second-order valence-electron chi connectivity index (χ2n) is 6.08. The van der Waals surface area contributed by atoms with E-state index in [4.69, 9.17) is 4.42 Å². The van der Waals surface area contributed by atoms with Gasteiger partial charge >= 0.3 is 0 Å². The standard InChI is InChI=1S/C21H13F2N3O2/c22-16-8-4-14(5-9-16)2-1-3-18-25-19-20(28-18)24-13-26(21(19)27)12-15-6-10-17(23)11-7-15/h4-11,13H,2,12H2. The molecule has 28 heavy (non-hydrogen) atoms. The van der Waals surface area contributed by atoms with Gasteiger partial charge in [-0.05, 0) is 41.3 Å². The molecule has 0 N–H and O–H groups in total. The SMILES string of the molecule is O=c1c2nc(C#CCc3ccc(F)cc3)oc2ncn1Cc1ccc(F)cc1. The van der Waals surface area contributed by atoms with E-state index in [-0.39, 0.29) is 40.9 Å². The fourth-order valence-corrected chi connectivity index (χ4v) is 2.63. The lowest BCUT2D eigenvalue weighted by atomic mass is 10.1. The smallest absolute Gasteiger partial charge is 0.283 e. The molecule has 0 unspecified atom stereocenters. The largest absolute Gasteiger partial charge is 0.410 e. The molecule has 0 radical (unpaired) electrons. The lowest BCUT2D eigenvalue weighted by Crippen LogP contribution is -2.21. The van der Waals surface area contributed by atoms with Crippen LogP contribution in [0.15, 0.2) is 64.1 Å². The van der Waals surface area contributed by atoms with Crippen molar-refractivity contribution in [3.8, 4) is 11.8 Å². The van der Waals surface area contributed by atoms with E-state index in [1.165, 1.54) is 35.2 Å². The van der Waals surface area contributed by atoms with Gasteiger partial charge < -0.3 is 4.42 Å². The Bertz CT molecular complexity index is 1250. The van der Waals surface area contributed by atoms with Crippen molar-refractivity contribution in [3.05, 3.63) is 93.9 Å². The predicted molar refractivity (Wildman–Crippen MR) is 98.5 cm³/mol. The number of benzene rings is 2. The fraction of sp³-hybridized carbons (Fsp3) is 0.0952. The van der Waals surface area contributed by atoms with Gasteiger partial charge in [-0.1, -0.05) is 30.2 Å². The summed E-state index contributed by atoms with van der Waals surface area (Å²) in [5.41, 5.74) is 1.42. The third kappa shape index (κ3) is 3.81. The summed E-state index contributed by atoms with van der Waals surface area (Å²) in [6.45, 7) is 0.237. The van der Waals surface area contributed by atoms with Gasteiger partial charge in [0.05, 0.1) is 6.54 Å². The minimum Gasteiger partial charge on any atom is -0.410 e. The maximum atomic E-state index is 13.0. The zero-order valence-corrected chi connectivity index (χ0v) is 14.5. The molecule has 138 valence electrons. The average molecular weight is 377 g/mol. The first-order chi connectivity index (χ1) is 13.6. The molecule has 0 saturated carbocycles. The van der Waals surface area contributed by atoms with Crippen LogP contribution in [0, 0.1) is 23.5 Å². The quantitative estimate of drug-likeness (QED) is 0.514. The third-order valence-electron chi connectivity index (χ3n) is 4.05. The summed E-state index contributed by atoms with van der Waals surface area (Å²) in [7, 11) is 0. The number of aromatic nitrogens is 3. The first kappa shape index (κ1) is 17.6. The average Bonchev–Trinajstić information content (AvgIpc) is 3.11. The van der Waals surface area contributed by atoms with Crippen LogP contribution in [-0.2, 0) is 13.0 Å². The van der Waals surface area contributed by atoms with E-state index in [1.54, 1.807) is 24.3 Å². The molecule has 7 heteroatoms. The Kier molecular flexibility index (Phi) is 4.68. The van der Waals surface area contributed by atoms with E-state index >= 15 is 0 Å². The van der Waals surface area contributed by atoms with Crippen molar-refractivity contribution < 1.29 is 13.2 Å². The molecule has 0 saturated heterocycles. The van der Waals surface area contributed by atoms with Gasteiger partial charge in [0.1, 0.15) is 18.0 Å².